The minimum atomic E-state index is -0.399. The van der Waals surface area contributed by atoms with Crippen LogP contribution in [0.5, 0.6) is 11.5 Å². The molecule has 1 N–H and O–H groups in total. The van der Waals surface area contributed by atoms with Crippen LogP contribution in [0.4, 0.5) is 5.69 Å². The van der Waals surface area contributed by atoms with Crippen molar-refractivity contribution >= 4 is 23.4 Å². The summed E-state index contributed by atoms with van der Waals surface area (Å²) in [6, 6.07) is 13.1. The molecule has 1 aromatic heterocycles. The van der Waals surface area contributed by atoms with Crippen LogP contribution in [0.15, 0.2) is 47.6 Å². The van der Waals surface area contributed by atoms with Gasteiger partial charge in [-0.25, -0.2) is 0 Å². The second-order valence-corrected chi connectivity index (χ2v) is 7.29. The zero-order chi connectivity index (χ0) is 18.8. The first-order chi connectivity index (χ1) is 13.1. The summed E-state index contributed by atoms with van der Waals surface area (Å²) < 4.78 is 12.3. The molecule has 0 saturated carbocycles. The van der Waals surface area contributed by atoms with Gasteiger partial charge in [0.2, 0.25) is 17.9 Å². The Kier molecular flexibility index (Phi) is 4.68. The van der Waals surface area contributed by atoms with Crippen molar-refractivity contribution in [2.24, 2.45) is 0 Å². The molecule has 27 heavy (non-hydrogen) atoms. The number of nitrogens with one attached hydrogen (secondary N) is 1. The predicted octanol–water partition coefficient (Wildman–Crippen LogP) is 2.82. The Morgan fingerprint density at radius 3 is 2.89 bits per heavy atom. The van der Waals surface area contributed by atoms with Gasteiger partial charge >= 0.3 is 0 Å². The lowest BCUT2D eigenvalue weighted by Gasteiger charge is -2.12. The minimum Gasteiger partial charge on any atom is -0.454 e. The maximum atomic E-state index is 12.6. The van der Waals surface area contributed by atoms with E-state index >= 15 is 0 Å². The van der Waals surface area contributed by atoms with Gasteiger partial charge < -0.3 is 14.8 Å². The van der Waals surface area contributed by atoms with Crippen molar-refractivity contribution in [3.63, 3.8) is 0 Å². The topological polar surface area (TPSA) is 91.2 Å². The molecule has 9 heteroatoms. The summed E-state index contributed by atoms with van der Waals surface area (Å²) in [5.41, 5.74) is 2.58. The van der Waals surface area contributed by atoms with Gasteiger partial charge in [0.1, 0.15) is 0 Å². The zero-order valence-corrected chi connectivity index (χ0v) is 15.6. The lowest BCUT2D eigenvalue weighted by Crippen LogP contribution is -2.23. The van der Waals surface area contributed by atoms with E-state index in [0.29, 0.717) is 22.3 Å². The molecule has 0 unspecified atom stereocenters. The van der Waals surface area contributed by atoms with E-state index < -0.39 is 5.25 Å². The summed E-state index contributed by atoms with van der Waals surface area (Å²) in [5, 5.41) is 14.9. The lowest BCUT2D eigenvalue weighted by atomic mass is 10.2. The first kappa shape index (κ1) is 17.3. The zero-order valence-electron chi connectivity index (χ0n) is 14.7. The van der Waals surface area contributed by atoms with Crippen molar-refractivity contribution in [1.82, 2.24) is 20.2 Å². The highest BCUT2D eigenvalue weighted by Gasteiger charge is 2.21. The Morgan fingerprint density at radius 2 is 2.04 bits per heavy atom. The number of anilines is 1. The van der Waals surface area contributed by atoms with Crippen LogP contribution in [0.2, 0.25) is 0 Å². The van der Waals surface area contributed by atoms with E-state index in [2.05, 4.69) is 20.8 Å². The van der Waals surface area contributed by atoms with Gasteiger partial charge in [0.05, 0.1) is 10.9 Å². The maximum Gasteiger partial charge on any atom is 0.237 e. The number of hydrogen-bond acceptors (Lipinski definition) is 7. The number of rotatable bonds is 5. The molecular formula is C18H17N5O3S. The van der Waals surface area contributed by atoms with Crippen LogP contribution in [0.25, 0.3) is 5.69 Å². The van der Waals surface area contributed by atoms with Gasteiger partial charge in [-0.15, -0.1) is 5.10 Å². The number of fused-ring (bicyclic) bond motifs is 1. The second-order valence-electron chi connectivity index (χ2n) is 5.98. The molecule has 138 valence electrons. The Balaban J connectivity index is 1.47. The Morgan fingerprint density at radius 1 is 1.22 bits per heavy atom. The van der Waals surface area contributed by atoms with E-state index in [4.69, 9.17) is 9.47 Å². The van der Waals surface area contributed by atoms with E-state index in [1.54, 1.807) is 22.9 Å². The first-order valence-electron chi connectivity index (χ1n) is 8.33. The fraction of sp³-hybridized carbons (Fsp3) is 0.222. The molecule has 2 heterocycles. The van der Waals surface area contributed by atoms with Crippen molar-refractivity contribution in [3.8, 4) is 17.2 Å². The number of carbonyl (C=O) groups excluding carboxylic acids is 1. The molecule has 0 bridgehead atoms. The van der Waals surface area contributed by atoms with E-state index in [1.165, 1.54) is 11.8 Å². The molecule has 0 fully saturated rings. The van der Waals surface area contributed by atoms with Crippen molar-refractivity contribution in [2.75, 3.05) is 12.1 Å². The third-order valence-electron chi connectivity index (χ3n) is 4.08. The van der Waals surface area contributed by atoms with Gasteiger partial charge in [0, 0.05) is 11.8 Å². The number of nitrogens with zero attached hydrogens (tertiary/aromatic N) is 4. The molecule has 0 saturated heterocycles. The third kappa shape index (κ3) is 3.59. The van der Waals surface area contributed by atoms with Gasteiger partial charge in [-0.05, 0) is 48.0 Å². The number of benzene rings is 2. The quantitative estimate of drug-likeness (QED) is 0.678. The summed E-state index contributed by atoms with van der Waals surface area (Å²) in [7, 11) is 0. The summed E-state index contributed by atoms with van der Waals surface area (Å²) >= 11 is 1.29. The molecule has 2 aromatic carbocycles. The molecule has 8 nitrogen and oxygen atoms in total. The summed E-state index contributed by atoms with van der Waals surface area (Å²) in [5.74, 6) is 1.14. The van der Waals surface area contributed by atoms with Crippen LogP contribution < -0.4 is 14.8 Å². The predicted molar refractivity (Wildman–Crippen MR) is 100 cm³/mol. The van der Waals surface area contributed by atoms with Crippen LogP contribution >= 0.6 is 11.8 Å². The summed E-state index contributed by atoms with van der Waals surface area (Å²) in [6.07, 6.45) is 0. The number of tetrazole rings is 1. The Labute approximate surface area is 159 Å². The van der Waals surface area contributed by atoms with E-state index in [9.17, 15) is 4.79 Å². The Hall–Kier alpha value is -3.07. The number of ether oxygens (including phenoxy) is 2. The summed E-state index contributed by atoms with van der Waals surface area (Å²) in [6.45, 7) is 3.99. The van der Waals surface area contributed by atoms with Gasteiger partial charge in [0.25, 0.3) is 0 Å². The molecular weight excluding hydrogens is 366 g/mol. The number of aryl methyl sites for hydroxylation is 1. The van der Waals surface area contributed by atoms with Crippen molar-refractivity contribution in [1.29, 1.82) is 0 Å². The Bertz CT molecular complexity index is 991. The van der Waals surface area contributed by atoms with Gasteiger partial charge in [-0.1, -0.05) is 30.0 Å². The molecule has 0 spiro atoms. The van der Waals surface area contributed by atoms with Crippen LogP contribution in [-0.2, 0) is 4.79 Å². The third-order valence-corrected chi connectivity index (χ3v) is 5.11. The van der Waals surface area contributed by atoms with Gasteiger partial charge in [-0.3, -0.25) is 4.79 Å². The molecule has 3 aromatic rings. The number of carbonyl (C=O) groups is 1. The number of thioether (sulfide) groups is 1. The fourth-order valence-electron chi connectivity index (χ4n) is 2.63. The van der Waals surface area contributed by atoms with Gasteiger partial charge in [-0.2, -0.15) is 4.68 Å². The van der Waals surface area contributed by atoms with Crippen LogP contribution in [0, 0.1) is 6.92 Å². The molecule has 0 radical (unpaired) electrons. The molecule has 0 aliphatic carbocycles. The monoisotopic (exact) mass is 383 g/mol. The minimum absolute atomic E-state index is 0.154. The normalized spacial score (nSPS) is 13.4. The summed E-state index contributed by atoms with van der Waals surface area (Å²) in [4.78, 5) is 12.6. The molecule has 1 aliphatic rings. The maximum absolute atomic E-state index is 12.6. The second kappa shape index (κ2) is 7.28. The molecule has 4 rings (SSSR count). The standard InChI is InChI=1S/C18H17N5O3S/c1-11-5-3-4-6-14(11)23-18(20-21-22-23)27-12(2)17(24)19-13-7-8-15-16(9-13)26-10-25-15/h3-9,12H,10H2,1-2H3,(H,19,24)/t12-/m0/s1. The highest BCUT2D eigenvalue weighted by molar-refractivity contribution is 8.00. The largest absolute Gasteiger partial charge is 0.454 e. The van der Waals surface area contributed by atoms with Gasteiger partial charge in [0.15, 0.2) is 11.5 Å². The fourth-order valence-corrected chi connectivity index (χ4v) is 3.44. The van der Waals surface area contributed by atoms with Crippen LogP contribution in [0.1, 0.15) is 12.5 Å². The average Bonchev–Trinajstić information content (AvgIpc) is 3.31. The SMILES string of the molecule is Cc1ccccc1-n1nnnc1S[C@@H](C)C(=O)Nc1ccc2c(c1)OCO2. The number of aromatic nitrogens is 4. The number of amides is 1. The molecule has 1 amide bonds. The average molecular weight is 383 g/mol. The van der Waals surface area contributed by atoms with Crippen molar-refractivity contribution in [3.05, 3.63) is 48.0 Å². The van der Waals surface area contributed by atoms with Crippen molar-refractivity contribution in [2.45, 2.75) is 24.3 Å². The number of hydrogen-bond donors (Lipinski definition) is 1. The highest BCUT2D eigenvalue weighted by Crippen LogP contribution is 2.34. The molecule has 1 atom stereocenters. The highest BCUT2D eigenvalue weighted by atomic mass is 32.2. The van der Waals surface area contributed by atoms with Crippen LogP contribution in [0.3, 0.4) is 0 Å². The van der Waals surface area contributed by atoms with E-state index in [1.807, 2.05) is 38.1 Å². The molecule has 1 aliphatic heterocycles. The van der Waals surface area contributed by atoms with Crippen LogP contribution in [-0.4, -0.2) is 38.2 Å². The first-order valence-corrected chi connectivity index (χ1v) is 9.21. The smallest absolute Gasteiger partial charge is 0.237 e. The van der Waals surface area contributed by atoms with E-state index in [0.717, 1.165) is 11.3 Å². The van der Waals surface area contributed by atoms with Crippen molar-refractivity contribution < 1.29 is 14.3 Å². The van der Waals surface area contributed by atoms with E-state index in [-0.39, 0.29) is 12.7 Å². The lowest BCUT2D eigenvalue weighted by molar-refractivity contribution is -0.115. The number of para-hydroxylation sites is 1.